The molecule has 0 amide bonds. The van der Waals surface area contributed by atoms with Crippen molar-refractivity contribution >= 4 is 5.57 Å². The molecule has 5 heteroatoms. The Morgan fingerprint density at radius 2 is 1.57 bits per heavy atom. The van der Waals surface area contributed by atoms with Crippen molar-refractivity contribution in [3.63, 3.8) is 0 Å². The van der Waals surface area contributed by atoms with E-state index >= 15 is 8.78 Å². The highest BCUT2D eigenvalue weighted by Gasteiger charge is 2.25. The molecule has 0 nitrogen and oxygen atoms in total. The average Bonchev–Trinajstić information content (AvgIpc) is 2.85. The van der Waals surface area contributed by atoms with Crippen LogP contribution in [0.3, 0.4) is 0 Å². The van der Waals surface area contributed by atoms with E-state index in [1.165, 1.54) is 12.1 Å². The number of halogens is 5. The molecule has 0 fully saturated rings. The minimum absolute atomic E-state index is 0.0167. The fourth-order valence-electron chi connectivity index (χ4n) is 5.93. The molecule has 4 atom stereocenters. The largest absolute Gasteiger partial charge is 0.251 e. The lowest BCUT2D eigenvalue weighted by atomic mass is 9.82. The van der Waals surface area contributed by atoms with Gasteiger partial charge in [0.25, 0.3) is 0 Å². The molecule has 0 aromatic heterocycles. The molecule has 3 unspecified atom stereocenters. The zero-order valence-electron chi connectivity index (χ0n) is 25.4. The molecular weight excluding hydrogens is 515 g/mol. The van der Waals surface area contributed by atoms with Crippen molar-refractivity contribution in [2.75, 3.05) is 6.67 Å². The highest BCUT2D eigenvalue weighted by Crippen LogP contribution is 2.35. The molecule has 2 aromatic rings. The molecular formula is C35H49F5. The first-order chi connectivity index (χ1) is 18.7. The molecule has 0 aliphatic heterocycles. The van der Waals surface area contributed by atoms with Gasteiger partial charge in [0.15, 0.2) is 0 Å². The van der Waals surface area contributed by atoms with Crippen LogP contribution in [-0.2, 0) is 12.8 Å². The normalized spacial score (nSPS) is 15.1. The van der Waals surface area contributed by atoms with Crippen molar-refractivity contribution in [1.82, 2.24) is 0 Å². The molecule has 0 radical (unpaired) electrons. The van der Waals surface area contributed by atoms with Crippen LogP contribution in [0.1, 0.15) is 120 Å². The molecule has 2 rings (SSSR count). The van der Waals surface area contributed by atoms with Gasteiger partial charge in [0, 0.05) is 17.9 Å². The Hall–Kier alpha value is -2.17. The summed E-state index contributed by atoms with van der Waals surface area (Å²) < 4.78 is 70.7. The van der Waals surface area contributed by atoms with Crippen molar-refractivity contribution in [3.05, 3.63) is 76.4 Å². The van der Waals surface area contributed by atoms with Crippen molar-refractivity contribution in [2.45, 2.75) is 111 Å². The molecule has 40 heavy (non-hydrogen) atoms. The van der Waals surface area contributed by atoms with E-state index in [1.807, 2.05) is 32.0 Å². The fourth-order valence-corrected chi connectivity index (χ4v) is 5.93. The second-order valence-corrected chi connectivity index (χ2v) is 12.3. The Balaban J connectivity index is 2.34. The van der Waals surface area contributed by atoms with Crippen molar-refractivity contribution < 1.29 is 22.0 Å². The van der Waals surface area contributed by atoms with Gasteiger partial charge in [0.1, 0.15) is 11.6 Å². The second kappa shape index (κ2) is 15.7. The third-order valence-corrected chi connectivity index (χ3v) is 8.11. The summed E-state index contributed by atoms with van der Waals surface area (Å²) in [6.07, 6.45) is 5.52. The van der Waals surface area contributed by atoms with Crippen LogP contribution in [-0.4, -0.2) is 12.6 Å². The number of hydrogen-bond donors (Lipinski definition) is 0. The van der Waals surface area contributed by atoms with E-state index in [-0.39, 0.29) is 24.6 Å². The molecule has 0 aliphatic carbocycles. The van der Waals surface area contributed by atoms with Gasteiger partial charge in [-0.1, -0.05) is 70.9 Å². The summed E-state index contributed by atoms with van der Waals surface area (Å²) >= 11 is 0. The van der Waals surface area contributed by atoms with Gasteiger partial charge >= 0.3 is 0 Å². The molecule has 2 aromatic carbocycles. The van der Waals surface area contributed by atoms with Crippen LogP contribution < -0.4 is 0 Å². The molecule has 0 saturated carbocycles. The van der Waals surface area contributed by atoms with E-state index < -0.39 is 23.5 Å². The molecule has 0 bridgehead atoms. The van der Waals surface area contributed by atoms with E-state index in [2.05, 4.69) is 20.4 Å². The monoisotopic (exact) mass is 564 g/mol. The molecule has 0 saturated heterocycles. The van der Waals surface area contributed by atoms with Gasteiger partial charge in [-0.25, -0.2) is 17.6 Å². The number of allylic oxidation sites excluding steroid dienone is 1. The molecule has 0 aliphatic rings. The summed E-state index contributed by atoms with van der Waals surface area (Å²) in [5.41, 5.74) is 4.19. The first-order valence-electron chi connectivity index (χ1n) is 15.0. The Bertz CT molecular complexity index is 1060. The van der Waals surface area contributed by atoms with E-state index in [9.17, 15) is 13.2 Å². The first kappa shape index (κ1) is 34.0. The lowest BCUT2D eigenvalue weighted by molar-refractivity contribution is 0.00723. The van der Waals surface area contributed by atoms with E-state index in [4.69, 9.17) is 0 Å². The third kappa shape index (κ3) is 10.7. The number of rotatable bonds is 17. The van der Waals surface area contributed by atoms with E-state index in [1.54, 1.807) is 6.92 Å². The summed E-state index contributed by atoms with van der Waals surface area (Å²) in [5.74, 6) is -3.74. The summed E-state index contributed by atoms with van der Waals surface area (Å²) in [6.45, 7) is 14.5. The van der Waals surface area contributed by atoms with E-state index in [0.29, 0.717) is 43.1 Å². The van der Waals surface area contributed by atoms with Crippen LogP contribution in [0.4, 0.5) is 22.0 Å². The van der Waals surface area contributed by atoms with Gasteiger partial charge in [-0.15, -0.1) is 0 Å². The molecule has 0 heterocycles. The second-order valence-electron chi connectivity index (χ2n) is 12.3. The minimum Gasteiger partial charge on any atom is -0.251 e. The molecule has 0 spiro atoms. The van der Waals surface area contributed by atoms with Gasteiger partial charge in [-0.3, -0.25) is 4.39 Å². The summed E-state index contributed by atoms with van der Waals surface area (Å²) in [6, 6.07) is 8.73. The van der Waals surface area contributed by atoms with Crippen molar-refractivity contribution in [2.24, 2.45) is 17.8 Å². The number of hydrogen-bond acceptors (Lipinski definition) is 0. The van der Waals surface area contributed by atoms with E-state index in [0.717, 1.165) is 54.9 Å². The maximum atomic E-state index is 15.6. The Morgan fingerprint density at radius 3 is 2.12 bits per heavy atom. The van der Waals surface area contributed by atoms with Crippen molar-refractivity contribution in [1.29, 1.82) is 0 Å². The van der Waals surface area contributed by atoms with Crippen LogP contribution in [0.2, 0.25) is 0 Å². The van der Waals surface area contributed by atoms with Gasteiger partial charge in [0.2, 0.25) is 5.92 Å². The van der Waals surface area contributed by atoms with Crippen LogP contribution in [0, 0.1) is 29.4 Å². The lowest BCUT2D eigenvalue weighted by Crippen LogP contribution is -2.14. The minimum atomic E-state index is -2.72. The van der Waals surface area contributed by atoms with Gasteiger partial charge in [-0.05, 0) is 105 Å². The standard InChI is InChI=1S/C35H49F5/c1-8-10-27(17-24(4)11-9-16-36)19-28-20-32(37)34(33(38)21-28)26(6)31-13-12-29(23(2)3)22-30(31)18-25(5)14-15-35(7,39)40/h12-13,20-22,24-27H,2,8-11,14-19H2,1,3-7H3/t24?,25-,26?,27?/m0/s1. The summed E-state index contributed by atoms with van der Waals surface area (Å²) in [7, 11) is 0. The van der Waals surface area contributed by atoms with Gasteiger partial charge in [-0.2, -0.15) is 0 Å². The quantitative estimate of drug-likeness (QED) is 0.168. The molecule has 224 valence electrons. The van der Waals surface area contributed by atoms with Gasteiger partial charge < -0.3 is 0 Å². The highest BCUT2D eigenvalue weighted by atomic mass is 19.3. The smallest absolute Gasteiger partial charge is 0.245 e. The van der Waals surface area contributed by atoms with Crippen LogP contribution in [0.15, 0.2) is 36.9 Å². The number of alkyl halides is 3. The fraction of sp³-hybridized carbons (Fsp3) is 0.600. The van der Waals surface area contributed by atoms with Crippen LogP contribution >= 0.6 is 0 Å². The summed E-state index contributed by atoms with van der Waals surface area (Å²) in [5, 5.41) is 0. The zero-order valence-corrected chi connectivity index (χ0v) is 25.4. The highest BCUT2D eigenvalue weighted by molar-refractivity contribution is 5.63. The maximum Gasteiger partial charge on any atom is 0.245 e. The summed E-state index contributed by atoms with van der Waals surface area (Å²) in [4.78, 5) is 0. The maximum absolute atomic E-state index is 15.6. The predicted molar refractivity (Wildman–Crippen MR) is 159 cm³/mol. The van der Waals surface area contributed by atoms with Gasteiger partial charge in [0.05, 0.1) is 6.67 Å². The average molecular weight is 565 g/mol. The van der Waals surface area contributed by atoms with Crippen LogP contribution in [0.25, 0.3) is 5.57 Å². The topological polar surface area (TPSA) is 0 Å². The van der Waals surface area contributed by atoms with Crippen molar-refractivity contribution in [3.8, 4) is 0 Å². The number of benzene rings is 2. The SMILES string of the molecule is C=C(C)c1ccc(C(C)c2c(F)cc(CC(CCC)CC(C)CCCF)cc2F)c(C[C@@H](C)CCC(C)(F)F)c1. The first-order valence-corrected chi connectivity index (χ1v) is 15.0. The lowest BCUT2D eigenvalue weighted by Gasteiger charge is -2.23. The van der Waals surface area contributed by atoms with Crippen LogP contribution in [0.5, 0.6) is 0 Å². The zero-order chi connectivity index (χ0) is 30.0. The Kier molecular flexibility index (Phi) is 13.4. The Labute approximate surface area is 239 Å². The molecule has 0 N–H and O–H groups in total. The third-order valence-electron chi connectivity index (χ3n) is 8.11. The predicted octanol–water partition coefficient (Wildman–Crippen LogP) is 11.5. The Morgan fingerprint density at radius 1 is 0.925 bits per heavy atom.